The van der Waals surface area contributed by atoms with Crippen molar-refractivity contribution in [3.63, 3.8) is 0 Å². The van der Waals surface area contributed by atoms with Crippen LogP contribution in [-0.4, -0.2) is 20.8 Å². The minimum absolute atomic E-state index is 0.190. The second-order valence-electron chi connectivity index (χ2n) is 6.27. The molecular formula is C16H25N3O4P2. The third-order valence-electron chi connectivity index (χ3n) is 3.49. The minimum Gasteiger partial charge on any atom is -0.259 e. The highest BCUT2D eigenvalue weighted by molar-refractivity contribution is 7.18. The molecule has 7 nitrogen and oxygen atoms in total. The number of hydrogen-bond donors (Lipinski definition) is 0. The monoisotopic (exact) mass is 385 g/mol. The molecule has 0 bridgehead atoms. The largest absolute Gasteiger partial charge is 0.330 e. The van der Waals surface area contributed by atoms with Crippen LogP contribution in [0.2, 0.25) is 0 Å². The Balaban J connectivity index is 2.51. The maximum Gasteiger partial charge on any atom is 0.330 e. The second-order valence-corrected chi connectivity index (χ2v) is 6.94. The molecule has 138 valence electrons. The molecule has 0 unspecified atom stereocenters. The molecule has 0 fully saturated rings. The molecule has 1 heterocycles. The van der Waals surface area contributed by atoms with Crippen LogP contribution in [0.3, 0.4) is 0 Å². The van der Waals surface area contributed by atoms with E-state index < -0.39 is 23.2 Å². The van der Waals surface area contributed by atoms with Gasteiger partial charge in [-0.25, -0.2) is 9.13 Å². The predicted molar refractivity (Wildman–Crippen MR) is 96.6 cm³/mol. The number of aryl methyl sites for hydroxylation is 1. The Morgan fingerprint density at radius 3 is 2.48 bits per heavy atom. The molecule has 1 aromatic rings. The predicted octanol–water partition coefficient (Wildman–Crippen LogP) is 5.07. The van der Waals surface area contributed by atoms with Gasteiger partial charge >= 0.3 is 17.4 Å². The Kier molecular flexibility index (Phi) is 9.91. The van der Waals surface area contributed by atoms with Crippen LogP contribution in [-0.2, 0) is 31.1 Å². The van der Waals surface area contributed by atoms with Crippen LogP contribution < -0.4 is 0 Å². The van der Waals surface area contributed by atoms with Crippen LogP contribution in [0.15, 0.2) is 29.5 Å². The highest BCUT2D eigenvalue weighted by Gasteiger charge is 2.29. The van der Waals surface area contributed by atoms with Gasteiger partial charge in [-0.05, 0) is 47.0 Å². The third kappa shape index (κ3) is 9.13. The van der Waals surface area contributed by atoms with Crippen molar-refractivity contribution in [2.24, 2.45) is 0 Å². The fourth-order valence-electron chi connectivity index (χ4n) is 2.23. The van der Waals surface area contributed by atoms with Crippen molar-refractivity contribution in [3.05, 3.63) is 35.2 Å². The van der Waals surface area contributed by atoms with Crippen molar-refractivity contribution in [1.82, 2.24) is 15.0 Å². The lowest BCUT2D eigenvalue weighted by atomic mass is 10.1. The average molecular weight is 385 g/mol. The lowest BCUT2D eigenvalue weighted by Gasteiger charge is -2.20. The SMILES string of the molecule is CC(C)=CCC/C(C)=C\CCn1cc(CC(C)(OP=O)OP=O)nn1. The molecule has 0 aromatic carbocycles. The number of nitrogens with zero attached hydrogens (tertiary/aromatic N) is 3. The Hall–Kier alpha value is -1.26. The maximum absolute atomic E-state index is 10.6. The molecular weight excluding hydrogens is 360 g/mol. The van der Waals surface area contributed by atoms with Crippen LogP contribution in [0.5, 0.6) is 0 Å². The van der Waals surface area contributed by atoms with Gasteiger partial charge in [-0.1, -0.05) is 28.5 Å². The first-order valence-corrected chi connectivity index (χ1v) is 9.54. The van der Waals surface area contributed by atoms with Crippen LogP contribution in [0, 0.1) is 0 Å². The highest BCUT2D eigenvalue weighted by Crippen LogP contribution is 2.26. The molecule has 1 rings (SSSR count). The quantitative estimate of drug-likeness (QED) is 0.284. The first-order valence-electron chi connectivity index (χ1n) is 8.08. The summed E-state index contributed by atoms with van der Waals surface area (Å²) in [5, 5.41) is 8.11. The molecule has 0 amide bonds. The van der Waals surface area contributed by atoms with Gasteiger partial charge in [0.05, 0.1) is 5.69 Å². The number of hydrogen-bond acceptors (Lipinski definition) is 6. The zero-order valence-corrected chi connectivity index (χ0v) is 16.9. The van der Waals surface area contributed by atoms with Crippen molar-refractivity contribution in [3.8, 4) is 0 Å². The average Bonchev–Trinajstić information content (AvgIpc) is 2.94. The third-order valence-corrected chi connectivity index (χ3v) is 4.41. The Bertz CT molecular complexity index is 615. The summed E-state index contributed by atoms with van der Waals surface area (Å²) in [6.45, 7) is 8.60. The summed E-state index contributed by atoms with van der Waals surface area (Å²) in [6, 6.07) is 0. The zero-order valence-electron chi connectivity index (χ0n) is 15.1. The fraction of sp³-hybridized carbons (Fsp3) is 0.625. The lowest BCUT2D eigenvalue weighted by Crippen LogP contribution is -2.29. The minimum atomic E-state index is -1.28. The molecule has 0 atom stereocenters. The molecule has 0 aliphatic carbocycles. The summed E-state index contributed by atoms with van der Waals surface area (Å²) in [6.07, 6.45) is 9.41. The van der Waals surface area contributed by atoms with E-state index in [1.54, 1.807) is 17.8 Å². The van der Waals surface area contributed by atoms with E-state index in [0.717, 1.165) is 19.3 Å². The molecule has 0 aliphatic heterocycles. The van der Waals surface area contributed by atoms with E-state index in [1.807, 2.05) is 0 Å². The first kappa shape index (κ1) is 21.8. The summed E-state index contributed by atoms with van der Waals surface area (Å²) in [4.78, 5) is 0. The maximum atomic E-state index is 10.6. The van der Waals surface area contributed by atoms with E-state index >= 15 is 0 Å². The van der Waals surface area contributed by atoms with Crippen molar-refractivity contribution in [1.29, 1.82) is 0 Å². The van der Waals surface area contributed by atoms with Gasteiger partial charge in [0.2, 0.25) is 0 Å². The topological polar surface area (TPSA) is 83.3 Å². The molecule has 0 saturated heterocycles. The van der Waals surface area contributed by atoms with Crippen molar-refractivity contribution in [2.45, 2.75) is 65.7 Å². The fourth-order valence-corrected chi connectivity index (χ4v) is 2.81. The molecule has 0 spiro atoms. The molecule has 25 heavy (non-hydrogen) atoms. The number of rotatable bonds is 12. The van der Waals surface area contributed by atoms with Gasteiger partial charge in [0.15, 0.2) is 5.79 Å². The highest BCUT2D eigenvalue weighted by atomic mass is 31.1. The van der Waals surface area contributed by atoms with Crippen molar-refractivity contribution < 1.29 is 18.2 Å². The summed E-state index contributed by atoms with van der Waals surface area (Å²) < 4.78 is 32.9. The van der Waals surface area contributed by atoms with Gasteiger partial charge in [0.25, 0.3) is 0 Å². The Labute approximate surface area is 152 Å². The van der Waals surface area contributed by atoms with Crippen LogP contribution in [0.25, 0.3) is 0 Å². The van der Waals surface area contributed by atoms with Crippen LogP contribution >= 0.6 is 17.4 Å². The van der Waals surface area contributed by atoms with Gasteiger partial charge in [-0.3, -0.25) is 13.7 Å². The van der Waals surface area contributed by atoms with Crippen LogP contribution in [0.1, 0.15) is 52.7 Å². The van der Waals surface area contributed by atoms with Gasteiger partial charge in [-0.2, -0.15) is 0 Å². The Morgan fingerprint density at radius 2 is 1.88 bits per heavy atom. The molecule has 9 heteroatoms. The van der Waals surface area contributed by atoms with Crippen molar-refractivity contribution >= 4 is 17.4 Å². The summed E-state index contributed by atoms with van der Waals surface area (Å²) in [5.41, 5.74) is 3.31. The van der Waals surface area contributed by atoms with Crippen molar-refractivity contribution in [2.75, 3.05) is 0 Å². The van der Waals surface area contributed by atoms with E-state index in [9.17, 15) is 9.13 Å². The van der Waals surface area contributed by atoms with E-state index in [-0.39, 0.29) is 6.42 Å². The molecule has 0 saturated carbocycles. The van der Waals surface area contributed by atoms with Gasteiger partial charge < -0.3 is 0 Å². The van der Waals surface area contributed by atoms with Gasteiger partial charge in [-0.15, -0.1) is 5.10 Å². The summed E-state index contributed by atoms with van der Waals surface area (Å²) >= 11 is 0. The second kappa shape index (κ2) is 11.4. The summed E-state index contributed by atoms with van der Waals surface area (Å²) in [5.74, 6) is -1.28. The molecule has 0 aliphatic rings. The summed E-state index contributed by atoms with van der Waals surface area (Å²) in [7, 11) is -1.10. The van der Waals surface area contributed by atoms with E-state index in [1.165, 1.54) is 11.1 Å². The van der Waals surface area contributed by atoms with E-state index in [4.69, 9.17) is 9.05 Å². The first-order chi connectivity index (χ1) is 11.9. The standard InChI is InChI=1S/C16H25N3O4P2/c1-13(2)7-5-8-14(3)9-6-10-19-12-15(17-18-19)11-16(4,22-24-20)23-25-21/h7,9,12H,5-6,8,10-11H2,1-4H3/b14-9-. The molecule has 0 N–H and O–H groups in total. The van der Waals surface area contributed by atoms with Gasteiger partial charge in [0, 0.05) is 19.2 Å². The normalized spacial score (nSPS) is 14.6. The Morgan fingerprint density at radius 1 is 1.20 bits per heavy atom. The molecule has 0 radical (unpaired) electrons. The zero-order chi connectivity index (χ0) is 18.7. The smallest absolute Gasteiger partial charge is 0.259 e. The van der Waals surface area contributed by atoms with Crippen LogP contribution in [0.4, 0.5) is 0 Å². The number of allylic oxidation sites excluding steroid dienone is 4. The molecule has 1 aromatic heterocycles. The van der Waals surface area contributed by atoms with E-state index in [0.29, 0.717) is 12.2 Å². The van der Waals surface area contributed by atoms with E-state index in [2.05, 4.69) is 43.2 Å². The lowest BCUT2D eigenvalue weighted by molar-refractivity contribution is -0.0805. The van der Waals surface area contributed by atoms with Gasteiger partial charge in [0.1, 0.15) is 0 Å². The number of aromatic nitrogens is 3.